The predicted molar refractivity (Wildman–Crippen MR) is 486 cm³/mol. The van der Waals surface area contributed by atoms with Crippen LogP contribution in [0.5, 0.6) is 0 Å². The smallest absolute Gasteiger partial charge is 0.0541 e. The van der Waals surface area contributed by atoms with Crippen molar-refractivity contribution in [3.05, 3.63) is 460 Å². The molecule has 0 saturated heterocycles. The van der Waals surface area contributed by atoms with Gasteiger partial charge < -0.3 is 19.3 Å². The standard InChI is InChI=1S/C111H80N4/c1-111(2)107-29-17-15-27-103(107)104-73-72-102(76-108(104)111)114(101-70-55-91(56-71-101)92-57-74-110-106(75-92)105-28-16-18-30-109(105)115(110)94-25-13-6-14-26-94)100-68-53-88(54-69-100)84-41-37-81(38-42-84)80-35-39-83(40-36-80)87-47-64-98(65-48-87)113(97-58-43-85(44-59-97)78-21-9-4-10-22-78)99-66-51-90(52-67-99)89-49-62-96(63-50-89)112(93-23-11-5-12-24-93)95-60-45-86(46-61-95)82-33-31-79(32-34-82)77-19-7-3-8-20-77/h3-76H,1-2H3. The average Bonchev–Trinajstić information content (AvgIpc) is 1.60. The van der Waals surface area contributed by atoms with Crippen molar-refractivity contribution in [1.82, 2.24) is 4.57 Å². The molecule has 1 aromatic heterocycles. The Labute approximate surface area is 672 Å². The van der Waals surface area contributed by atoms with Gasteiger partial charge in [-0.15, -0.1) is 0 Å². The third kappa shape index (κ3) is 13.3. The third-order valence-corrected chi connectivity index (χ3v) is 23.3. The van der Waals surface area contributed by atoms with Crippen LogP contribution < -0.4 is 14.7 Å². The van der Waals surface area contributed by atoms with Gasteiger partial charge in [-0.3, -0.25) is 0 Å². The van der Waals surface area contributed by atoms with Crippen LogP contribution >= 0.6 is 0 Å². The van der Waals surface area contributed by atoms with Gasteiger partial charge in [0.15, 0.2) is 0 Å². The number of benzene rings is 18. The molecule has 1 heterocycles. The van der Waals surface area contributed by atoms with E-state index in [9.17, 15) is 0 Å². The van der Waals surface area contributed by atoms with Crippen molar-refractivity contribution in [2.75, 3.05) is 14.7 Å². The molecule has 0 N–H and O–H groups in total. The maximum Gasteiger partial charge on any atom is 0.0541 e. The van der Waals surface area contributed by atoms with Crippen LogP contribution in [-0.2, 0) is 5.41 Å². The molecule has 4 heteroatoms. The first-order chi connectivity index (χ1) is 56.7. The van der Waals surface area contributed by atoms with Crippen LogP contribution in [0, 0.1) is 0 Å². The number of fused-ring (bicyclic) bond motifs is 6. The molecule has 115 heavy (non-hydrogen) atoms. The summed E-state index contributed by atoms with van der Waals surface area (Å²) in [6, 6.07) is 164. The molecule has 0 bridgehead atoms. The lowest BCUT2D eigenvalue weighted by atomic mass is 9.82. The maximum atomic E-state index is 2.42. The van der Waals surface area contributed by atoms with E-state index in [1.807, 2.05) is 0 Å². The number of anilines is 9. The first-order valence-corrected chi connectivity index (χ1v) is 39.7. The van der Waals surface area contributed by atoms with Crippen molar-refractivity contribution in [2.45, 2.75) is 19.3 Å². The van der Waals surface area contributed by atoms with Crippen LogP contribution in [0.2, 0.25) is 0 Å². The zero-order valence-electron chi connectivity index (χ0n) is 64.0. The minimum Gasteiger partial charge on any atom is -0.311 e. The van der Waals surface area contributed by atoms with Gasteiger partial charge in [0.05, 0.1) is 11.0 Å². The Morgan fingerprint density at radius 3 is 0.809 bits per heavy atom. The topological polar surface area (TPSA) is 14.7 Å². The molecule has 0 unspecified atom stereocenters. The summed E-state index contributed by atoms with van der Waals surface area (Å²) in [5, 5.41) is 2.49. The van der Waals surface area contributed by atoms with Crippen molar-refractivity contribution >= 4 is 73.0 Å². The average molecular weight is 1470 g/mol. The fraction of sp³-hybridized carbons (Fsp3) is 0.0270. The minimum absolute atomic E-state index is 0.148. The Hall–Kier alpha value is -14.8. The van der Waals surface area contributed by atoms with E-state index in [4.69, 9.17) is 0 Å². The van der Waals surface area contributed by atoms with Crippen molar-refractivity contribution in [2.24, 2.45) is 0 Å². The van der Waals surface area contributed by atoms with Crippen molar-refractivity contribution < 1.29 is 0 Å². The van der Waals surface area contributed by atoms with Crippen LogP contribution in [0.15, 0.2) is 449 Å². The van der Waals surface area contributed by atoms with Crippen LogP contribution in [-0.4, -0.2) is 4.57 Å². The van der Waals surface area contributed by atoms with E-state index in [1.165, 1.54) is 105 Å². The molecule has 19 aromatic rings. The molecule has 0 atom stereocenters. The van der Waals surface area contributed by atoms with Crippen LogP contribution in [0.1, 0.15) is 25.0 Å². The fourth-order valence-electron chi connectivity index (χ4n) is 17.2. The molecule has 1 aliphatic rings. The van der Waals surface area contributed by atoms with E-state index in [1.54, 1.807) is 0 Å². The highest BCUT2D eigenvalue weighted by Crippen LogP contribution is 2.52. The van der Waals surface area contributed by atoms with Crippen LogP contribution in [0.4, 0.5) is 51.2 Å². The molecule has 0 aliphatic heterocycles. The molecular weight excluding hydrogens is 1390 g/mol. The molecular formula is C111H80N4. The Balaban J connectivity index is 0.543. The van der Waals surface area contributed by atoms with Gasteiger partial charge in [0.25, 0.3) is 0 Å². The number of nitrogens with zero attached hydrogens (tertiary/aromatic N) is 4. The van der Waals surface area contributed by atoms with Gasteiger partial charge in [-0.1, -0.05) is 323 Å². The van der Waals surface area contributed by atoms with E-state index in [0.717, 1.165) is 84.7 Å². The van der Waals surface area contributed by atoms with Gasteiger partial charge in [0.1, 0.15) is 0 Å². The maximum absolute atomic E-state index is 2.42. The second kappa shape index (κ2) is 29.8. The summed E-state index contributed by atoms with van der Waals surface area (Å²) in [7, 11) is 0. The molecule has 4 nitrogen and oxygen atoms in total. The monoisotopic (exact) mass is 1470 g/mol. The van der Waals surface area contributed by atoms with Crippen molar-refractivity contribution in [3.63, 3.8) is 0 Å². The number of hydrogen-bond donors (Lipinski definition) is 0. The highest BCUT2D eigenvalue weighted by molar-refractivity contribution is 6.10. The quantitative estimate of drug-likeness (QED) is 0.0851. The lowest BCUT2D eigenvalue weighted by molar-refractivity contribution is 0.660. The van der Waals surface area contributed by atoms with Gasteiger partial charge in [-0.05, 0) is 251 Å². The summed E-state index contributed by atoms with van der Waals surface area (Å²) in [5.74, 6) is 0. The fourth-order valence-corrected chi connectivity index (χ4v) is 17.2. The first kappa shape index (κ1) is 69.4. The normalized spacial score (nSPS) is 12.0. The number of aromatic nitrogens is 1. The molecule has 0 fully saturated rings. The van der Waals surface area contributed by atoms with Crippen molar-refractivity contribution in [1.29, 1.82) is 0 Å². The lowest BCUT2D eigenvalue weighted by Crippen LogP contribution is -2.16. The lowest BCUT2D eigenvalue weighted by Gasteiger charge is -2.28. The van der Waals surface area contributed by atoms with Gasteiger partial charge in [-0.2, -0.15) is 0 Å². The first-order valence-electron chi connectivity index (χ1n) is 39.7. The van der Waals surface area contributed by atoms with E-state index < -0.39 is 0 Å². The Morgan fingerprint density at radius 1 is 0.174 bits per heavy atom. The van der Waals surface area contributed by atoms with Crippen LogP contribution in [0.25, 0.3) is 128 Å². The number of hydrogen-bond acceptors (Lipinski definition) is 3. The number of rotatable bonds is 18. The summed E-state index contributed by atoms with van der Waals surface area (Å²) in [6.07, 6.45) is 0. The molecule has 0 saturated carbocycles. The second-order valence-electron chi connectivity index (χ2n) is 30.5. The summed E-state index contributed by atoms with van der Waals surface area (Å²) in [6.45, 7) is 4.72. The largest absolute Gasteiger partial charge is 0.311 e. The van der Waals surface area contributed by atoms with E-state index in [0.29, 0.717) is 0 Å². The Morgan fingerprint density at radius 2 is 0.426 bits per heavy atom. The Bertz CT molecular complexity index is 6660. The van der Waals surface area contributed by atoms with Gasteiger partial charge >= 0.3 is 0 Å². The summed E-state index contributed by atoms with van der Waals surface area (Å²) in [5.41, 5.74) is 37.3. The van der Waals surface area contributed by atoms with E-state index >= 15 is 0 Å². The van der Waals surface area contributed by atoms with Crippen LogP contribution in [0.3, 0.4) is 0 Å². The zero-order valence-corrected chi connectivity index (χ0v) is 64.0. The Kier molecular flexibility index (Phi) is 18.0. The molecule has 0 spiro atoms. The molecule has 0 amide bonds. The van der Waals surface area contributed by atoms with Gasteiger partial charge in [0, 0.05) is 73.1 Å². The zero-order chi connectivity index (χ0) is 76.8. The third-order valence-electron chi connectivity index (χ3n) is 23.3. The summed E-state index contributed by atoms with van der Waals surface area (Å²) < 4.78 is 2.38. The predicted octanol–water partition coefficient (Wildman–Crippen LogP) is 30.8. The molecule has 0 radical (unpaired) electrons. The molecule has 1 aliphatic carbocycles. The number of para-hydroxylation sites is 3. The van der Waals surface area contributed by atoms with Gasteiger partial charge in [-0.25, -0.2) is 0 Å². The summed E-state index contributed by atoms with van der Waals surface area (Å²) >= 11 is 0. The van der Waals surface area contributed by atoms with Gasteiger partial charge in [0.2, 0.25) is 0 Å². The minimum atomic E-state index is -0.148. The molecule has 18 aromatic carbocycles. The second-order valence-corrected chi connectivity index (χ2v) is 30.5. The highest BCUT2D eigenvalue weighted by Gasteiger charge is 2.36. The molecule has 544 valence electrons. The summed E-state index contributed by atoms with van der Waals surface area (Å²) in [4.78, 5) is 7.10. The van der Waals surface area contributed by atoms with E-state index in [2.05, 4.69) is 482 Å². The van der Waals surface area contributed by atoms with Crippen molar-refractivity contribution in [3.8, 4) is 106 Å². The molecule has 20 rings (SSSR count). The van der Waals surface area contributed by atoms with E-state index in [-0.39, 0.29) is 5.41 Å². The highest BCUT2D eigenvalue weighted by atomic mass is 15.2. The SMILES string of the molecule is CC1(C)c2ccccc2-c2ccc(N(c3ccc(-c4ccc(-c5ccc(-c6ccc(N(c7ccc(-c8ccccc8)cc7)c7ccc(-c8ccc(N(c9ccccc9)c9ccc(-c%10ccc(-c%11ccccc%11)cc%10)cc9)cc8)cc7)cc6)cc5)cc4)cc3)c3ccc(-c4ccc5c(c4)c4ccccc4n5-c4ccccc4)cc3)cc21.